The van der Waals surface area contributed by atoms with Gasteiger partial charge in [0.1, 0.15) is 12.9 Å². The maximum absolute atomic E-state index is 13.8. The number of cyclic esters (lactones) is 1. The predicted molar refractivity (Wildman–Crippen MR) is 123 cm³/mol. The molecule has 6 heterocycles. The van der Waals surface area contributed by atoms with E-state index in [4.69, 9.17) is 9.47 Å². The van der Waals surface area contributed by atoms with E-state index in [9.17, 15) is 14.7 Å². The number of amides is 1. The molecule has 0 saturated carbocycles. The molecule has 6 rings (SSSR count). The second-order valence-electron chi connectivity index (χ2n) is 10.2. The van der Waals surface area contributed by atoms with Crippen LogP contribution >= 0.6 is 0 Å². The number of tetrazole rings is 1. The maximum Gasteiger partial charge on any atom is 0.336 e. The molecule has 12 heteroatoms. The Morgan fingerprint density at radius 2 is 2.03 bits per heavy atom. The number of rotatable bonds is 6. The summed E-state index contributed by atoms with van der Waals surface area (Å²) in [5.74, 6) is 0.240. The Balaban J connectivity index is 1.18. The third kappa shape index (κ3) is 3.54. The van der Waals surface area contributed by atoms with Crippen LogP contribution < -0.4 is 0 Å². The first kappa shape index (κ1) is 23.2. The van der Waals surface area contributed by atoms with Crippen molar-refractivity contribution in [3.63, 3.8) is 0 Å². The van der Waals surface area contributed by atoms with Gasteiger partial charge in [-0.1, -0.05) is 6.07 Å². The minimum Gasteiger partial charge on any atom is -0.456 e. The molecular weight excluding hydrogens is 466 g/mol. The van der Waals surface area contributed by atoms with E-state index in [1.165, 1.54) is 11.0 Å². The molecule has 4 aliphatic heterocycles. The molecule has 190 valence electrons. The number of hydrogen-bond donors (Lipinski definition) is 1. The number of methoxy groups -OCH3 is 1. The normalized spacial score (nSPS) is 31.1. The predicted octanol–water partition coefficient (Wildman–Crippen LogP) is 0.392. The van der Waals surface area contributed by atoms with Crippen molar-refractivity contribution in [2.45, 2.75) is 56.9 Å². The van der Waals surface area contributed by atoms with Gasteiger partial charge in [0.25, 0.3) is 0 Å². The minimum atomic E-state index is -0.707. The van der Waals surface area contributed by atoms with E-state index in [0.29, 0.717) is 43.0 Å². The summed E-state index contributed by atoms with van der Waals surface area (Å²) in [5, 5.41) is 22.1. The molecule has 4 aliphatic rings. The first-order chi connectivity index (χ1) is 17.4. The van der Waals surface area contributed by atoms with Crippen molar-refractivity contribution in [3.8, 4) is 5.82 Å². The number of esters is 1. The summed E-state index contributed by atoms with van der Waals surface area (Å²) < 4.78 is 12.5. The molecule has 2 aromatic heterocycles. The van der Waals surface area contributed by atoms with E-state index < -0.39 is 11.5 Å². The number of fused-ring (bicyclic) bond motifs is 2. The summed E-state index contributed by atoms with van der Waals surface area (Å²) in [7, 11) is 1.66. The fourth-order valence-corrected chi connectivity index (χ4v) is 6.53. The number of nitrogens with zero attached hydrogens (tertiary/aromatic N) is 7. The van der Waals surface area contributed by atoms with E-state index in [-0.39, 0.29) is 36.7 Å². The third-order valence-corrected chi connectivity index (χ3v) is 8.42. The van der Waals surface area contributed by atoms with Crippen LogP contribution in [-0.2, 0) is 19.1 Å². The van der Waals surface area contributed by atoms with Crippen molar-refractivity contribution in [3.05, 3.63) is 41.5 Å². The number of pyridine rings is 1. The van der Waals surface area contributed by atoms with Crippen LogP contribution in [0.5, 0.6) is 0 Å². The van der Waals surface area contributed by atoms with Gasteiger partial charge in [0.2, 0.25) is 5.91 Å². The lowest BCUT2D eigenvalue weighted by molar-refractivity contribution is -0.144. The van der Waals surface area contributed by atoms with Crippen LogP contribution in [0.2, 0.25) is 0 Å². The van der Waals surface area contributed by atoms with Crippen LogP contribution in [0.4, 0.5) is 0 Å². The Bertz CT molecular complexity index is 1180. The molecule has 0 aromatic carbocycles. The van der Waals surface area contributed by atoms with Crippen LogP contribution in [-0.4, -0.2) is 97.0 Å². The standard InChI is InChI=1S/C24H29N7O5/c1-14-18(12-36-22(14)33)30-11-20(35-2)24(23(30)34)7-16-4-5-17(8-24)29(16)10-19(32)15-3-6-21(25-9-15)31-13-26-27-28-31/h3,6,9,13,16-17,19-20,32H,4-5,7-8,10-12H2,1-2H3/t16-,17-,19-,20?/m1/s1. The molecule has 1 spiro atoms. The second-order valence-corrected chi connectivity index (χ2v) is 10.2. The van der Waals surface area contributed by atoms with Gasteiger partial charge in [-0.05, 0) is 49.1 Å². The summed E-state index contributed by atoms with van der Waals surface area (Å²) >= 11 is 0. The molecule has 3 fully saturated rings. The number of aliphatic hydroxyl groups excluding tert-OH is 1. The van der Waals surface area contributed by atoms with E-state index in [0.717, 1.165) is 18.4 Å². The van der Waals surface area contributed by atoms with Gasteiger partial charge in [-0.3, -0.25) is 9.69 Å². The highest BCUT2D eigenvalue weighted by atomic mass is 16.5. The Labute approximate surface area is 207 Å². The van der Waals surface area contributed by atoms with Crippen LogP contribution in [0, 0.1) is 5.41 Å². The molecule has 3 saturated heterocycles. The average Bonchev–Trinajstić information content (AvgIpc) is 3.64. The number of aliphatic hydroxyl groups is 1. The average molecular weight is 496 g/mol. The Hall–Kier alpha value is -3.22. The Morgan fingerprint density at radius 1 is 1.25 bits per heavy atom. The summed E-state index contributed by atoms with van der Waals surface area (Å²) in [5.41, 5.74) is 1.25. The zero-order chi connectivity index (χ0) is 25.0. The number of aromatic nitrogens is 5. The first-order valence-electron chi connectivity index (χ1n) is 12.3. The number of ether oxygens (including phenoxy) is 2. The molecule has 4 atom stereocenters. The first-order valence-corrected chi connectivity index (χ1v) is 12.3. The molecule has 1 amide bonds. The lowest BCUT2D eigenvalue weighted by Crippen LogP contribution is -2.54. The van der Waals surface area contributed by atoms with Gasteiger partial charge < -0.3 is 19.5 Å². The molecule has 2 bridgehead atoms. The number of likely N-dealkylation sites (tertiary alicyclic amines) is 1. The zero-order valence-corrected chi connectivity index (χ0v) is 20.3. The van der Waals surface area contributed by atoms with Crippen molar-refractivity contribution in [1.82, 2.24) is 35.0 Å². The lowest BCUT2D eigenvalue weighted by Gasteiger charge is -2.46. The monoisotopic (exact) mass is 495 g/mol. The SMILES string of the molecule is COC1CN(C2=C(C)C(=O)OC2)C(=O)C12C[C@H]1CC[C@H](C2)N1C[C@@H](O)c1ccc(-n2cnnn2)nc1. The van der Waals surface area contributed by atoms with Crippen LogP contribution in [0.25, 0.3) is 5.82 Å². The van der Waals surface area contributed by atoms with Crippen LogP contribution in [0.1, 0.15) is 44.3 Å². The van der Waals surface area contributed by atoms with Crippen LogP contribution in [0.3, 0.4) is 0 Å². The van der Waals surface area contributed by atoms with Gasteiger partial charge in [-0.2, -0.15) is 4.68 Å². The highest BCUT2D eigenvalue weighted by Gasteiger charge is 2.61. The number of carbonyl (C=O) groups excluding carboxylic acids is 2. The molecule has 36 heavy (non-hydrogen) atoms. The van der Waals surface area contributed by atoms with Crippen molar-refractivity contribution in [1.29, 1.82) is 0 Å². The fourth-order valence-electron chi connectivity index (χ4n) is 6.53. The lowest BCUT2D eigenvalue weighted by atomic mass is 9.71. The largest absolute Gasteiger partial charge is 0.456 e. The molecule has 0 radical (unpaired) electrons. The van der Waals surface area contributed by atoms with Gasteiger partial charge in [-0.25, -0.2) is 9.78 Å². The summed E-state index contributed by atoms with van der Waals surface area (Å²) in [6.45, 7) is 2.75. The van der Waals surface area contributed by atoms with Gasteiger partial charge in [0.05, 0.1) is 35.4 Å². The maximum atomic E-state index is 13.8. The molecule has 0 aliphatic carbocycles. The number of piperidine rings is 1. The van der Waals surface area contributed by atoms with Gasteiger partial charge in [0, 0.05) is 37.5 Å². The van der Waals surface area contributed by atoms with Gasteiger partial charge >= 0.3 is 5.97 Å². The molecular formula is C24H29N7O5. The van der Waals surface area contributed by atoms with Crippen molar-refractivity contribution >= 4 is 11.9 Å². The zero-order valence-electron chi connectivity index (χ0n) is 20.3. The minimum absolute atomic E-state index is 0.0292. The molecule has 1 unspecified atom stereocenters. The van der Waals surface area contributed by atoms with E-state index in [2.05, 4.69) is 25.4 Å². The second kappa shape index (κ2) is 8.71. The van der Waals surface area contributed by atoms with E-state index in [1.54, 1.807) is 31.2 Å². The molecule has 12 nitrogen and oxygen atoms in total. The number of hydrogen-bond acceptors (Lipinski definition) is 10. The van der Waals surface area contributed by atoms with Gasteiger partial charge in [-0.15, -0.1) is 5.10 Å². The Kier molecular flexibility index (Phi) is 5.61. The third-order valence-electron chi connectivity index (χ3n) is 8.42. The molecule has 1 N–H and O–H groups in total. The van der Waals surface area contributed by atoms with Gasteiger partial charge in [0.15, 0.2) is 5.82 Å². The highest BCUT2D eigenvalue weighted by Crippen LogP contribution is 2.53. The van der Waals surface area contributed by atoms with Crippen molar-refractivity contribution in [2.75, 3.05) is 26.8 Å². The number of carbonyl (C=O) groups is 2. The van der Waals surface area contributed by atoms with Crippen LogP contribution in [0.15, 0.2) is 35.9 Å². The Morgan fingerprint density at radius 3 is 2.61 bits per heavy atom. The highest BCUT2D eigenvalue weighted by molar-refractivity contribution is 5.94. The topological polar surface area (TPSA) is 136 Å². The summed E-state index contributed by atoms with van der Waals surface area (Å²) in [6.07, 6.45) is 5.44. The molecule has 2 aromatic rings. The smallest absolute Gasteiger partial charge is 0.336 e. The van der Waals surface area contributed by atoms with E-state index >= 15 is 0 Å². The van der Waals surface area contributed by atoms with E-state index in [1.807, 2.05) is 6.07 Å². The summed E-state index contributed by atoms with van der Waals surface area (Å²) in [6, 6.07) is 3.95. The fraction of sp³-hybridized carbons (Fsp3) is 0.583. The van der Waals surface area contributed by atoms with Crippen molar-refractivity contribution in [2.24, 2.45) is 5.41 Å². The van der Waals surface area contributed by atoms with Crippen molar-refractivity contribution < 1.29 is 24.2 Å². The quantitative estimate of drug-likeness (QED) is 0.561. The summed E-state index contributed by atoms with van der Waals surface area (Å²) in [4.78, 5) is 34.2.